The average Bonchev–Trinajstić information content (AvgIpc) is 2.37. The molecule has 0 aliphatic heterocycles. The van der Waals surface area contributed by atoms with Crippen molar-refractivity contribution in [3.8, 4) is 11.4 Å². The van der Waals surface area contributed by atoms with Gasteiger partial charge >= 0.3 is 20.4 Å². The van der Waals surface area contributed by atoms with Crippen LogP contribution < -0.4 is 0 Å². The number of hydrogen-bond donors (Lipinski definition) is 0. The third-order valence-corrected chi connectivity index (χ3v) is 3.51. The summed E-state index contributed by atoms with van der Waals surface area (Å²) in [5, 5.41) is 0. The predicted molar refractivity (Wildman–Crippen MR) is 84.9 cm³/mol. The van der Waals surface area contributed by atoms with E-state index in [2.05, 4.69) is 75.8 Å². The van der Waals surface area contributed by atoms with E-state index in [9.17, 15) is 0 Å². The van der Waals surface area contributed by atoms with Gasteiger partial charge in [0, 0.05) is 12.4 Å². The summed E-state index contributed by atoms with van der Waals surface area (Å²) in [6.07, 6.45) is 3.75. The number of hydrogen-bond acceptors (Lipinski definition) is 2. The molecule has 0 aromatic carbocycles. The zero-order valence-electron chi connectivity index (χ0n) is 13.7. The molecule has 3 heteroatoms. The molecule has 2 nitrogen and oxygen atoms in total. The van der Waals surface area contributed by atoms with Gasteiger partial charge in [-0.1, -0.05) is 41.5 Å². The average molecular weight is 455 g/mol. The van der Waals surface area contributed by atoms with E-state index in [1.54, 1.807) is 0 Å². The molecule has 112 valence electrons. The van der Waals surface area contributed by atoms with Crippen molar-refractivity contribution in [1.29, 1.82) is 0 Å². The van der Waals surface area contributed by atoms with Crippen LogP contribution in [0.1, 0.15) is 52.7 Å². The van der Waals surface area contributed by atoms with Crippen LogP contribution in [0, 0.1) is 0 Å². The fraction of sp³-hybridized carbons (Fsp3) is 0.444. The number of nitrogens with zero attached hydrogens (tertiary/aromatic N) is 2. The topological polar surface area (TPSA) is 25.8 Å². The van der Waals surface area contributed by atoms with Gasteiger partial charge in [0.15, 0.2) is 0 Å². The van der Waals surface area contributed by atoms with Crippen molar-refractivity contribution in [2.45, 2.75) is 52.4 Å². The Hall–Kier alpha value is -1.04. The van der Waals surface area contributed by atoms with Gasteiger partial charge in [0.05, 0.1) is 11.4 Å². The molecule has 0 radical (unpaired) electrons. The van der Waals surface area contributed by atoms with Gasteiger partial charge in [0.1, 0.15) is 0 Å². The third-order valence-electron chi connectivity index (χ3n) is 3.51. The van der Waals surface area contributed by atoms with Crippen LogP contribution in [0.5, 0.6) is 0 Å². The second-order valence-electron chi connectivity index (χ2n) is 7.36. The van der Waals surface area contributed by atoms with Gasteiger partial charge in [0.25, 0.3) is 0 Å². The van der Waals surface area contributed by atoms with E-state index in [0.29, 0.717) is 0 Å². The van der Waals surface area contributed by atoms with Crippen molar-refractivity contribution in [2.24, 2.45) is 0 Å². The normalized spacial score (nSPS) is 11.9. The molecule has 0 fully saturated rings. The molecule has 0 atom stereocenters. The Morgan fingerprint density at radius 1 is 0.667 bits per heavy atom. The van der Waals surface area contributed by atoms with Gasteiger partial charge < -0.3 is 0 Å². The summed E-state index contributed by atoms with van der Waals surface area (Å²) in [6.45, 7) is 13.3. The van der Waals surface area contributed by atoms with E-state index in [4.69, 9.17) is 0 Å². The Kier molecular flexibility index (Phi) is 5.47. The van der Waals surface area contributed by atoms with Crippen LogP contribution in [-0.4, -0.2) is 9.97 Å². The SMILES string of the molecule is CC(C)(C)c1ccnc(-c2cc(C(C)(C)C)ccn2)c1.[Re+]. The first kappa shape index (κ1) is 18.0. The van der Waals surface area contributed by atoms with Gasteiger partial charge in [-0.2, -0.15) is 0 Å². The van der Waals surface area contributed by atoms with Crippen LogP contribution in [0.2, 0.25) is 0 Å². The molecule has 0 amide bonds. The fourth-order valence-electron chi connectivity index (χ4n) is 2.07. The molecule has 2 aromatic heterocycles. The second-order valence-corrected chi connectivity index (χ2v) is 7.36. The van der Waals surface area contributed by atoms with Crippen molar-refractivity contribution in [1.82, 2.24) is 9.97 Å². The summed E-state index contributed by atoms with van der Waals surface area (Å²) in [5.74, 6) is 0. The molecule has 0 unspecified atom stereocenters. The maximum Gasteiger partial charge on any atom is 1.00 e. The molecule has 0 aliphatic rings. The van der Waals surface area contributed by atoms with E-state index in [-0.39, 0.29) is 31.3 Å². The summed E-state index contributed by atoms with van der Waals surface area (Å²) in [6, 6.07) is 8.46. The van der Waals surface area contributed by atoms with Crippen molar-refractivity contribution in [3.63, 3.8) is 0 Å². The van der Waals surface area contributed by atoms with Gasteiger partial charge in [0.2, 0.25) is 0 Å². The molecule has 2 heterocycles. The second kappa shape index (κ2) is 6.38. The largest absolute Gasteiger partial charge is 1.00 e. The molecule has 2 rings (SSSR count). The van der Waals surface area contributed by atoms with Crippen molar-refractivity contribution < 1.29 is 20.4 Å². The Balaban J connectivity index is 0.00000220. The Labute approximate surface area is 142 Å². The fourth-order valence-corrected chi connectivity index (χ4v) is 2.07. The minimum Gasteiger partial charge on any atom is -0.255 e. The number of aromatic nitrogens is 2. The summed E-state index contributed by atoms with van der Waals surface area (Å²) in [7, 11) is 0. The summed E-state index contributed by atoms with van der Waals surface area (Å²) >= 11 is 0. The van der Waals surface area contributed by atoms with E-state index in [0.717, 1.165) is 11.4 Å². The minimum absolute atomic E-state index is 0. The van der Waals surface area contributed by atoms with Gasteiger partial charge in [-0.3, -0.25) is 9.97 Å². The number of rotatable bonds is 1. The molecular formula is C18H24N2Re+. The van der Waals surface area contributed by atoms with Gasteiger partial charge in [-0.25, -0.2) is 0 Å². The maximum absolute atomic E-state index is 4.48. The number of pyridine rings is 2. The quantitative estimate of drug-likeness (QED) is 0.622. The molecule has 21 heavy (non-hydrogen) atoms. The van der Waals surface area contributed by atoms with Crippen LogP contribution in [0.4, 0.5) is 0 Å². The molecule has 0 aliphatic carbocycles. The van der Waals surface area contributed by atoms with Crippen molar-refractivity contribution in [3.05, 3.63) is 47.8 Å². The van der Waals surface area contributed by atoms with E-state index in [1.807, 2.05) is 12.4 Å². The smallest absolute Gasteiger partial charge is 0.255 e. The Bertz CT molecular complexity index is 552. The molecule has 0 N–H and O–H groups in total. The first-order valence-corrected chi connectivity index (χ1v) is 7.11. The summed E-state index contributed by atoms with van der Waals surface area (Å²) < 4.78 is 0. The molecule has 0 saturated heterocycles. The first-order valence-electron chi connectivity index (χ1n) is 7.11. The van der Waals surface area contributed by atoms with E-state index in [1.165, 1.54) is 11.1 Å². The molecule has 0 bridgehead atoms. The van der Waals surface area contributed by atoms with Crippen LogP contribution in [-0.2, 0) is 31.3 Å². The van der Waals surface area contributed by atoms with Crippen LogP contribution in [0.15, 0.2) is 36.7 Å². The van der Waals surface area contributed by atoms with Crippen molar-refractivity contribution >= 4 is 0 Å². The predicted octanol–water partition coefficient (Wildman–Crippen LogP) is 4.74. The van der Waals surface area contributed by atoms with Gasteiger partial charge in [-0.15, -0.1) is 0 Å². The summed E-state index contributed by atoms with van der Waals surface area (Å²) in [4.78, 5) is 8.97. The molecule has 0 spiro atoms. The third kappa shape index (κ3) is 4.46. The zero-order chi connectivity index (χ0) is 15.0. The van der Waals surface area contributed by atoms with Crippen LogP contribution >= 0.6 is 0 Å². The van der Waals surface area contributed by atoms with Crippen LogP contribution in [0.25, 0.3) is 11.4 Å². The van der Waals surface area contributed by atoms with E-state index < -0.39 is 0 Å². The first-order chi connectivity index (χ1) is 9.18. The Morgan fingerprint density at radius 3 is 1.29 bits per heavy atom. The van der Waals surface area contributed by atoms with E-state index >= 15 is 0 Å². The minimum atomic E-state index is 0. The molecular weight excluding hydrogens is 430 g/mol. The van der Waals surface area contributed by atoms with Crippen LogP contribution in [0.3, 0.4) is 0 Å². The monoisotopic (exact) mass is 455 g/mol. The molecule has 0 saturated carbocycles. The van der Waals surface area contributed by atoms with Gasteiger partial charge in [-0.05, 0) is 46.2 Å². The maximum atomic E-state index is 4.48. The standard InChI is InChI=1S/C18H24N2.Re/c1-17(2,3)13-7-9-19-15(11-13)16-12-14(8-10-20-16)18(4,5)6;/h7-12H,1-6H3;/q;+1. The summed E-state index contributed by atoms with van der Waals surface area (Å²) in [5.41, 5.74) is 4.71. The van der Waals surface area contributed by atoms with Crippen molar-refractivity contribution in [2.75, 3.05) is 0 Å². The Morgan fingerprint density at radius 2 is 1.00 bits per heavy atom. The molecule has 2 aromatic rings. The zero-order valence-corrected chi connectivity index (χ0v) is 16.5.